The number of hydrogen-bond donors (Lipinski definition) is 1. The topological polar surface area (TPSA) is 46.2 Å². The van der Waals surface area contributed by atoms with E-state index in [9.17, 15) is 8.42 Å². The molecular weight excluding hydrogens is 281 g/mol. The number of hydrogen-bond acceptors (Lipinski definition) is 2. The maximum Gasteiger partial charge on any atom is 0.240 e. The summed E-state index contributed by atoms with van der Waals surface area (Å²) in [4.78, 5) is 0.0856. The van der Waals surface area contributed by atoms with E-state index in [1.807, 2.05) is 20.8 Å². The lowest BCUT2D eigenvalue weighted by molar-refractivity contribution is 0.476. The third-order valence-electron chi connectivity index (χ3n) is 2.49. The van der Waals surface area contributed by atoms with Crippen LogP contribution < -0.4 is 4.72 Å². The first kappa shape index (κ1) is 14.8. The van der Waals surface area contributed by atoms with Crippen LogP contribution in [0, 0.1) is 5.92 Å². The fraction of sp³-hybridized carbons (Fsp3) is 0.455. The summed E-state index contributed by atoms with van der Waals surface area (Å²) in [5, 5.41) is 0.602. The lowest BCUT2D eigenvalue weighted by Crippen LogP contribution is -2.36. The fourth-order valence-electron chi connectivity index (χ4n) is 1.13. The van der Waals surface area contributed by atoms with Gasteiger partial charge in [0.25, 0.3) is 0 Å². The zero-order chi connectivity index (χ0) is 13.2. The first-order chi connectivity index (χ1) is 7.72. The van der Waals surface area contributed by atoms with Crippen LogP contribution in [0.4, 0.5) is 0 Å². The first-order valence-electron chi connectivity index (χ1n) is 5.21. The van der Waals surface area contributed by atoms with Crippen molar-refractivity contribution in [2.75, 3.05) is 0 Å². The molecular formula is C11H15Cl2NO2S. The molecule has 1 aromatic rings. The Labute approximate surface area is 112 Å². The predicted octanol–water partition coefficient (Wildman–Crippen LogP) is 3.32. The summed E-state index contributed by atoms with van der Waals surface area (Å²) in [7, 11) is -3.57. The quantitative estimate of drug-likeness (QED) is 0.926. The second-order valence-electron chi connectivity index (χ2n) is 4.26. The van der Waals surface area contributed by atoms with Crippen molar-refractivity contribution >= 4 is 33.2 Å². The molecule has 0 bridgehead atoms. The Morgan fingerprint density at radius 3 is 1.94 bits per heavy atom. The molecule has 0 aromatic heterocycles. The maximum atomic E-state index is 12.0. The molecule has 0 fully saturated rings. The Hall–Kier alpha value is -0.290. The number of sulfonamides is 1. The maximum absolute atomic E-state index is 12.0. The Morgan fingerprint density at radius 1 is 1.06 bits per heavy atom. The van der Waals surface area contributed by atoms with E-state index in [1.165, 1.54) is 18.2 Å². The monoisotopic (exact) mass is 295 g/mol. The third-order valence-corrected chi connectivity index (χ3v) is 4.46. The van der Waals surface area contributed by atoms with Gasteiger partial charge in [-0.05, 0) is 31.0 Å². The summed E-state index contributed by atoms with van der Waals surface area (Å²) < 4.78 is 26.6. The van der Waals surface area contributed by atoms with Gasteiger partial charge >= 0.3 is 0 Å². The van der Waals surface area contributed by atoms with Crippen LogP contribution in [-0.4, -0.2) is 14.5 Å². The van der Waals surface area contributed by atoms with Crippen molar-refractivity contribution in [1.82, 2.24) is 4.72 Å². The molecule has 0 heterocycles. The molecule has 1 unspecified atom stereocenters. The molecule has 3 nitrogen and oxygen atoms in total. The van der Waals surface area contributed by atoms with Crippen LogP contribution in [-0.2, 0) is 10.0 Å². The second kappa shape index (κ2) is 5.57. The van der Waals surface area contributed by atoms with E-state index in [0.717, 1.165) is 0 Å². The molecule has 1 N–H and O–H groups in total. The van der Waals surface area contributed by atoms with Gasteiger partial charge < -0.3 is 0 Å². The van der Waals surface area contributed by atoms with E-state index >= 15 is 0 Å². The van der Waals surface area contributed by atoms with Gasteiger partial charge in [-0.3, -0.25) is 0 Å². The van der Waals surface area contributed by atoms with Crippen LogP contribution in [0.15, 0.2) is 23.1 Å². The second-order valence-corrected chi connectivity index (χ2v) is 6.85. The Kier molecular flexibility index (Phi) is 4.84. The van der Waals surface area contributed by atoms with Gasteiger partial charge in [-0.15, -0.1) is 0 Å². The van der Waals surface area contributed by atoms with E-state index in [2.05, 4.69) is 4.72 Å². The Balaban J connectivity index is 3.05. The molecule has 0 radical (unpaired) electrons. The van der Waals surface area contributed by atoms with Gasteiger partial charge in [-0.1, -0.05) is 37.0 Å². The summed E-state index contributed by atoms with van der Waals surface area (Å²) in [5.41, 5.74) is 0. The van der Waals surface area contributed by atoms with Crippen molar-refractivity contribution in [3.8, 4) is 0 Å². The molecule has 96 valence electrons. The van der Waals surface area contributed by atoms with Crippen molar-refractivity contribution in [3.63, 3.8) is 0 Å². The summed E-state index contributed by atoms with van der Waals surface area (Å²) >= 11 is 11.6. The van der Waals surface area contributed by atoms with Gasteiger partial charge in [0.2, 0.25) is 10.0 Å². The highest BCUT2D eigenvalue weighted by atomic mass is 35.5. The molecule has 0 saturated heterocycles. The minimum Gasteiger partial charge on any atom is -0.208 e. The molecule has 0 saturated carbocycles. The standard InChI is InChI=1S/C11H15Cl2NO2S/c1-7(2)8(3)14-17(15,16)11-5-9(12)4-10(13)6-11/h4-8,14H,1-3H3. The van der Waals surface area contributed by atoms with E-state index < -0.39 is 10.0 Å². The van der Waals surface area contributed by atoms with Crippen molar-refractivity contribution in [1.29, 1.82) is 0 Å². The zero-order valence-corrected chi connectivity index (χ0v) is 12.2. The van der Waals surface area contributed by atoms with Crippen LogP contribution in [0.5, 0.6) is 0 Å². The third kappa shape index (κ3) is 4.14. The average molecular weight is 296 g/mol. The van der Waals surface area contributed by atoms with Crippen molar-refractivity contribution in [3.05, 3.63) is 28.2 Å². The Bertz CT molecular complexity index is 480. The number of benzene rings is 1. The van der Waals surface area contributed by atoms with Gasteiger partial charge in [0.05, 0.1) is 4.90 Å². The van der Waals surface area contributed by atoms with Gasteiger partial charge in [0, 0.05) is 16.1 Å². The summed E-state index contributed by atoms with van der Waals surface area (Å²) in [6.07, 6.45) is 0. The summed E-state index contributed by atoms with van der Waals surface area (Å²) in [6, 6.07) is 4.09. The van der Waals surface area contributed by atoms with Crippen LogP contribution >= 0.6 is 23.2 Å². The molecule has 17 heavy (non-hydrogen) atoms. The van der Waals surface area contributed by atoms with Gasteiger partial charge in [-0.25, -0.2) is 13.1 Å². The molecule has 1 atom stereocenters. The molecule has 0 aliphatic rings. The number of nitrogens with one attached hydrogen (secondary N) is 1. The van der Waals surface area contributed by atoms with Gasteiger partial charge in [-0.2, -0.15) is 0 Å². The normalized spacial score (nSPS) is 14.0. The number of halogens is 2. The minimum absolute atomic E-state index is 0.0856. The van der Waals surface area contributed by atoms with E-state index in [4.69, 9.17) is 23.2 Å². The van der Waals surface area contributed by atoms with Crippen LogP contribution in [0.3, 0.4) is 0 Å². The zero-order valence-electron chi connectivity index (χ0n) is 9.87. The molecule has 0 amide bonds. The van der Waals surface area contributed by atoms with Gasteiger partial charge in [0.15, 0.2) is 0 Å². The highest BCUT2D eigenvalue weighted by molar-refractivity contribution is 7.89. The summed E-state index contributed by atoms with van der Waals surface area (Å²) in [5.74, 6) is 0.208. The SMILES string of the molecule is CC(C)C(C)NS(=O)(=O)c1cc(Cl)cc(Cl)c1. The van der Waals surface area contributed by atoms with E-state index in [-0.39, 0.29) is 16.9 Å². The lowest BCUT2D eigenvalue weighted by Gasteiger charge is -2.17. The van der Waals surface area contributed by atoms with Crippen molar-refractivity contribution < 1.29 is 8.42 Å². The average Bonchev–Trinajstić information content (AvgIpc) is 2.15. The fourth-order valence-corrected chi connectivity index (χ4v) is 3.25. The first-order valence-corrected chi connectivity index (χ1v) is 7.44. The number of rotatable bonds is 4. The Morgan fingerprint density at radius 2 is 1.53 bits per heavy atom. The van der Waals surface area contributed by atoms with E-state index in [0.29, 0.717) is 10.0 Å². The molecule has 6 heteroatoms. The van der Waals surface area contributed by atoms with Crippen molar-refractivity contribution in [2.24, 2.45) is 5.92 Å². The molecule has 1 rings (SSSR count). The highest BCUT2D eigenvalue weighted by Crippen LogP contribution is 2.22. The largest absolute Gasteiger partial charge is 0.240 e. The molecule has 1 aromatic carbocycles. The minimum atomic E-state index is -3.57. The highest BCUT2D eigenvalue weighted by Gasteiger charge is 2.19. The summed E-state index contributed by atoms with van der Waals surface area (Å²) in [6.45, 7) is 5.70. The van der Waals surface area contributed by atoms with Crippen LogP contribution in [0.25, 0.3) is 0 Å². The lowest BCUT2D eigenvalue weighted by atomic mass is 10.1. The van der Waals surface area contributed by atoms with Gasteiger partial charge in [0.1, 0.15) is 0 Å². The molecule has 0 spiro atoms. The predicted molar refractivity (Wildman–Crippen MR) is 71.1 cm³/mol. The van der Waals surface area contributed by atoms with Crippen LogP contribution in [0.2, 0.25) is 10.0 Å². The van der Waals surface area contributed by atoms with Crippen molar-refractivity contribution in [2.45, 2.75) is 31.7 Å². The molecule has 0 aliphatic carbocycles. The van der Waals surface area contributed by atoms with Crippen LogP contribution in [0.1, 0.15) is 20.8 Å². The van der Waals surface area contributed by atoms with E-state index in [1.54, 1.807) is 0 Å². The smallest absolute Gasteiger partial charge is 0.208 e. The molecule has 0 aliphatic heterocycles.